The topological polar surface area (TPSA) is 84.8 Å². The van der Waals surface area contributed by atoms with Crippen LogP contribution in [0.4, 0.5) is 19.0 Å². The van der Waals surface area contributed by atoms with Crippen LogP contribution in [0.1, 0.15) is 31.2 Å². The number of aromatic nitrogens is 3. The van der Waals surface area contributed by atoms with Gasteiger partial charge in [0.05, 0.1) is 21.2 Å². The highest BCUT2D eigenvalue weighted by atomic mass is 32.2. The Hall–Kier alpha value is -3.53. The third-order valence-corrected chi connectivity index (χ3v) is 8.83. The molecule has 36 heavy (non-hydrogen) atoms. The maximum atomic E-state index is 13.2. The van der Waals surface area contributed by atoms with Crippen molar-refractivity contribution in [3.8, 4) is 11.1 Å². The summed E-state index contributed by atoms with van der Waals surface area (Å²) in [5.74, 6) is 0.351. The van der Waals surface area contributed by atoms with Crippen molar-refractivity contribution in [2.24, 2.45) is 0 Å². The number of nitrogens with zero attached hydrogens (tertiary/aromatic N) is 3. The Morgan fingerprint density at radius 3 is 2.25 bits per heavy atom. The molecule has 186 valence electrons. The fourth-order valence-electron chi connectivity index (χ4n) is 4.53. The second kappa shape index (κ2) is 9.50. The van der Waals surface area contributed by atoms with E-state index >= 15 is 0 Å². The van der Waals surface area contributed by atoms with Crippen LogP contribution in [0, 0.1) is 0 Å². The quantitative estimate of drug-likeness (QED) is 0.358. The lowest BCUT2D eigenvalue weighted by Gasteiger charge is -2.29. The maximum Gasteiger partial charge on any atom is 0.417 e. The highest BCUT2D eigenvalue weighted by Gasteiger charge is 2.33. The number of rotatable bonds is 5. The number of pyridine rings is 3. The van der Waals surface area contributed by atoms with Gasteiger partial charge in [-0.25, -0.2) is 13.4 Å². The summed E-state index contributed by atoms with van der Waals surface area (Å²) in [6, 6.07) is 12.9. The van der Waals surface area contributed by atoms with Crippen LogP contribution in [-0.4, -0.2) is 34.7 Å². The minimum Gasteiger partial charge on any atom is -0.367 e. The number of alkyl halides is 3. The molecule has 0 unspecified atom stereocenters. The standard InChI is InChI=1S/C26H23F3N4O2S/c27-26(28,29)20-3-10-25(32-16-20)33-21-4-8-23(9-5-21)36(34,35)22-6-1-17(2-7-22)18-13-19-14-30-12-11-24(19)31-15-18/h1-3,6-7,10-16,21,23H,4-5,8-9H2,(H,32,33)/t21-,23-. The number of hydrogen-bond acceptors (Lipinski definition) is 6. The lowest BCUT2D eigenvalue weighted by molar-refractivity contribution is -0.137. The smallest absolute Gasteiger partial charge is 0.367 e. The van der Waals surface area contributed by atoms with E-state index in [1.165, 1.54) is 6.07 Å². The normalized spacial score (nSPS) is 18.8. The molecule has 1 aliphatic rings. The van der Waals surface area contributed by atoms with E-state index < -0.39 is 26.8 Å². The van der Waals surface area contributed by atoms with Gasteiger partial charge in [0.1, 0.15) is 5.82 Å². The second-order valence-electron chi connectivity index (χ2n) is 8.91. The Labute approximate surface area is 206 Å². The predicted molar refractivity (Wildman–Crippen MR) is 131 cm³/mol. The molecule has 1 N–H and O–H groups in total. The van der Waals surface area contributed by atoms with Gasteiger partial charge in [0, 0.05) is 41.8 Å². The van der Waals surface area contributed by atoms with Crippen molar-refractivity contribution >= 4 is 26.6 Å². The summed E-state index contributed by atoms with van der Waals surface area (Å²) in [5, 5.41) is 3.53. The molecule has 0 aliphatic heterocycles. The Kier molecular flexibility index (Phi) is 6.38. The zero-order valence-electron chi connectivity index (χ0n) is 19.1. The van der Waals surface area contributed by atoms with Crippen LogP contribution < -0.4 is 5.32 Å². The van der Waals surface area contributed by atoms with E-state index in [9.17, 15) is 21.6 Å². The van der Waals surface area contributed by atoms with E-state index in [2.05, 4.69) is 20.3 Å². The molecule has 0 amide bonds. The summed E-state index contributed by atoms with van der Waals surface area (Å²) in [6.07, 6.45) is 3.64. The van der Waals surface area contributed by atoms with Crippen molar-refractivity contribution < 1.29 is 21.6 Å². The molecule has 0 saturated heterocycles. The molecular weight excluding hydrogens is 489 g/mol. The fraction of sp³-hybridized carbons (Fsp3) is 0.269. The number of benzene rings is 1. The Balaban J connectivity index is 1.22. The van der Waals surface area contributed by atoms with Gasteiger partial charge in [-0.1, -0.05) is 12.1 Å². The minimum atomic E-state index is -4.43. The molecule has 3 aromatic heterocycles. The first-order valence-corrected chi connectivity index (χ1v) is 13.1. The molecule has 1 aliphatic carbocycles. The average Bonchev–Trinajstić information content (AvgIpc) is 2.88. The van der Waals surface area contributed by atoms with Crippen molar-refractivity contribution in [2.75, 3.05) is 5.32 Å². The zero-order chi connectivity index (χ0) is 25.3. The number of nitrogens with one attached hydrogen (secondary N) is 1. The van der Waals surface area contributed by atoms with Gasteiger partial charge >= 0.3 is 6.18 Å². The third kappa shape index (κ3) is 5.04. The van der Waals surface area contributed by atoms with Crippen LogP contribution in [0.3, 0.4) is 0 Å². The first-order chi connectivity index (χ1) is 17.2. The van der Waals surface area contributed by atoms with Crippen LogP contribution in [0.2, 0.25) is 0 Å². The monoisotopic (exact) mass is 512 g/mol. The van der Waals surface area contributed by atoms with E-state index in [1.807, 2.05) is 12.1 Å². The van der Waals surface area contributed by atoms with Crippen LogP contribution in [0.5, 0.6) is 0 Å². The Morgan fingerprint density at radius 1 is 0.833 bits per heavy atom. The van der Waals surface area contributed by atoms with Crippen molar-refractivity contribution in [2.45, 2.75) is 48.0 Å². The van der Waals surface area contributed by atoms with E-state index in [-0.39, 0.29) is 10.9 Å². The van der Waals surface area contributed by atoms with Crippen LogP contribution in [0.25, 0.3) is 22.0 Å². The van der Waals surface area contributed by atoms with Gasteiger partial charge in [-0.2, -0.15) is 13.2 Å². The predicted octanol–water partition coefficient (Wildman–Crippen LogP) is 5.91. The Bertz CT molecular complexity index is 1470. The molecule has 1 fully saturated rings. The molecule has 6 nitrogen and oxygen atoms in total. The summed E-state index contributed by atoms with van der Waals surface area (Å²) in [7, 11) is -3.51. The number of fused-ring (bicyclic) bond motifs is 1. The van der Waals surface area contributed by atoms with Gasteiger partial charge < -0.3 is 5.32 Å². The molecule has 10 heteroatoms. The van der Waals surface area contributed by atoms with Gasteiger partial charge in [0.15, 0.2) is 9.84 Å². The highest BCUT2D eigenvalue weighted by Crippen LogP contribution is 2.32. The molecular formula is C26H23F3N4O2S. The van der Waals surface area contributed by atoms with E-state index in [0.717, 1.165) is 34.3 Å². The molecule has 0 radical (unpaired) electrons. The van der Waals surface area contributed by atoms with Gasteiger partial charge in [-0.05, 0) is 67.6 Å². The lowest BCUT2D eigenvalue weighted by Crippen LogP contribution is -2.33. The largest absolute Gasteiger partial charge is 0.417 e. The van der Waals surface area contributed by atoms with E-state index in [4.69, 9.17) is 0 Å². The summed E-state index contributed by atoms with van der Waals surface area (Å²) in [6.45, 7) is 0. The van der Waals surface area contributed by atoms with Crippen LogP contribution in [0.15, 0.2) is 78.2 Å². The number of anilines is 1. The first kappa shape index (κ1) is 24.2. The van der Waals surface area contributed by atoms with Gasteiger partial charge in [-0.15, -0.1) is 0 Å². The highest BCUT2D eigenvalue weighted by molar-refractivity contribution is 7.92. The van der Waals surface area contributed by atoms with Gasteiger partial charge in [0.25, 0.3) is 0 Å². The molecule has 1 saturated carbocycles. The van der Waals surface area contributed by atoms with Crippen molar-refractivity contribution in [1.82, 2.24) is 15.0 Å². The van der Waals surface area contributed by atoms with E-state index in [0.29, 0.717) is 31.5 Å². The van der Waals surface area contributed by atoms with Gasteiger partial charge in [-0.3, -0.25) is 9.97 Å². The summed E-state index contributed by atoms with van der Waals surface area (Å²) >= 11 is 0. The summed E-state index contributed by atoms with van der Waals surface area (Å²) in [4.78, 5) is 12.7. The second-order valence-corrected chi connectivity index (χ2v) is 11.1. The fourth-order valence-corrected chi connectivity index (χ4v) is 6.33. The number of halogens is 3. The van der Waals surface area contributed by atoms with E-state index in [1.54, 1.807) is 42.9 Å². The molecule has 0 bridgehead atoms. The minimum absolute atomic E-state index is 0.0436. The lowest BCUT2D eigenvalue weighted by atomic mass is 9.95. The molecule has 3 heterocycles. The maximum absolute atomic E-state index is 13.2. The van der Waals surface area contributed by atoms with Crippen molar-refractivity contribution in [3.63, 3.8) is 0 Å². The zero-order valence-corrected chi connectivity index (χ0v) is 19.9. The number of sulfone groups is 1. The third-order valence-electron chi connectivity index (χ3n) is 6.55. The summed E-state index contributed by atoms with van der Waals surface area (Å²) in [5.41, 5.74) is 1.78. The van der Waals surface area contributed by atoms with Crippen molar-refractivity contribution in [1.29, 1.82) is 0 Å². The van der Waals surface area contributed by atoms with Gasteiger partial charge in [0.2, 0.25) is 0 Å². The summed E-state index contributed by atoms with van der Waals surface area (Å²) < 4.78 is 64.6. The number of hydrogen-bond donors (Lipinski definition) is 1. The molecule has 0 spiro atoms. The SMILES string of the molecule is O=S(=O)(c1ccc(-c2cnc3ccncc3c2)cc1)[C@H]1CC[C@H](Nc2ccc(C(F)(F)F)cn2)CC1. The first-order valence-electron chi connectivity index (χ1n) is 11.5. The molecule has 5 rings (SSSR count). The molecule has 4 aromatic rings. The molecule has 0 atom stereocenters. The van der Waals surface area contributed by atoms with Crippen LogP contribution in [-0.2, 0) is 16.0 Å². The Morgan fingerprint density at radius 2 is 1.58 bits per heavy atom. The molecule has 1 aromatic carbocycles. The van der Waals surface area contributed by atoms with Crippen LogP contribution >= 0.6 is 0 Å². The van der Waals surface area contributed by atoms with Crippen molar-refractivity contribution in [3.05, 3.63) is 78.9 Å². The average molecular weight is 513 g/mol.